The van der Waals surface area contributed by atoms with E-state index < -0.39 is 26.9 Å². The van der Waals surface area contributed by atoms with Gasteiger partial charge < -0.3 is 0 Å². The lowest BCUT2D eigenvalue weighted by atomic mass is 10.1. The molecule has 0 aromatic carbocycles. The lowest BCUT2D eigenvalue weighted by Crippen LogP contribution is -2.31. The zero-order valence-corrected chi connectivity index (χ0v) is 8.43. The van der Waals surface area contributed by atoms with Crippen molar-refractivity contribution in [2.45, 2.75) is 0 Å². The highest BCUT2D eigenvalue weighted by Crippen LogP contribution is 2.16. The van der Waals surface area contributed by atoms with Crippen LogP contribution in [0.3, 0.4) is 0 Å². The molecule has 0 spiro atoms. The number of carbonyl (C=O) groups is 2. The maximum Gasteiger partial charge on any atom is 0.316 e. The van der Waals surface area contributed by atoms with Crippen molar-refractivity contribution < 1.29 is 22.6 Å². The number of pyridine rings is 1. The van der Waals surface area contributed by atoms with Gasteiger partial charge in [-0.1, -0.05) is 0 Å². The first-order valence-electron chi connectivity index (χ1n) is 4.01. The molecule has 7 nitrogen and oxygen atoms in total. The van der Waals surface area contributed by atoms with Crippen LogP contribution in [-0.2, 0) is 10.1 Å². The Morgan fingerprint density at radius 1 is 1.25 bits per heavy atom. The summed E-state index contributed by atoms with van der Waals surface area (Å²) in [6, 6.07) is 2.61. The molecule has 1 aliphatic heterocycles. The molecule has 0 bridgehead atoms. The summed E-state index contributed by atoms with van der Waals surface area (Å²) in [5, 5.41) is -1.17. The normalized spacial score (nSPS) is 15.7. The van der Waals surface area contributed by atoms with E-state index in [4.69, 9.17) is 4.55 Å². The molecule has 82 valence electrons. The van der Waals surface area contributed by atoms with E-state index >= 15 is 0 Å². The second-order valence-electron chi connectivity index (χ2n) is 2.93. The minimum absolute atomic E-state index is 0.185. The third kappa shape index (κ3) is 1.53. The van der Waals surface area contributed by atoms with Gasteiger partial charge in [-0.15, -0.1) is 0 Å². The molecule has 1 aliphatic rings. The molecule has 0 radical (unpaired) electrons. The molecule has 8 heteroatoms. The first-order chi connectivity index (χ1) is 7.41. The van der Waals surface area contributed by atoms with Crippen LogP contribution in [0.25, 0.3) is 0 Å². The highest BCUT2D eigenvalue weighted by molar-refractivity contribution is 8.03. The molecule has 2 rings (SSSR count). The van der Waals surface area contributed by atoms with Gasteiger partial charge in [0.1, 0.15) is 5.69 Å². The number of hydrogen-bond acceptors (Lipinski definition) is 5. The summed E-state index contributed by atoms with van der Waals surface area (Å²) in [4.78, 5) is 29.5. The van der Waals surface area contributed by atoms with Gasteiger partial charge >= 0.3 is 10.1 Å². The first-order valence-corrected chi connectivity index (χ1v) is 5.45. The fourth-order valence-corrected chi connectivity index (χ4v) is 1.79. The molecule has 0 fully saturated rings. The number of Topliss-reactive ketones (excluding diaryl/α,β-unsaturated/α-hetero) is 1. The minimum Gasteiger partial charge on any atom is -0.286 e. The Morgan fingerprint density at radius 3 is 2.56 bits per heavy atom. The summed E-state index contributed by atoms with van der Waals surface area (Å²) < 4.78 is 30.3. The van der Waals surface area contributed by atoms with Crippen LogP contribution in [0.2, 0.25) is 0 Å². The summed E-state index contributed by atoms with van der Waals surface area (Å²) >= 11 is 0. The highest BCUT2D eigenvalue weighted by atomic mass is 32.2. The molecule has 1 N–H and O–H groups in total. The quantitative estimate of drug-likeness (QED) is 0.623. The standard InChI is InChI=1S/C8H4N2O5S/c11-6-4-2-1-3-9-5(4)7(12)10-8(6)16(13,14)15/h1-3H,(H,13,14,15). The molecule has 0 aliphatic carbocycles. The summed E-state index contributed by atoms with van der Waals surface area (Å²) in [5.74, 6) is -2.01. The van der Waals surface area contributed by atoms with Crippen molar-refractivity contribution in [1.29, 1.82) is 0 Å². The number of aliphatic imine (C=N–C) groups is 1. The van der Waals surface area contributed by atoms with Crippen LogP contribution in [-0.4, -0.2) is 34.7 Å². The molecule has 0 atom stereocenters. The highest BCUT2D eigenvalue weighted by Gasteiger charge is 2.35. The van der Waals surface area contributed by atoms with Gasteiger partial charge in [-0.05, 0) is 12.1 Å². The number of aromatic nitrogens is 1. The van der Waals surface area contributed by atoms with Gasteiger partial charge in [0.15, 0.2) is 0 Å². The van der Waals surface area contributed by atoms with Crippen LogP contribution in [0, 0.1) is 0 Å². The van der Waals surface area contributed by atoms with Crippen molar-refractivity contribution >= 4 is 26.9 Å². The third-order valence-electron chi connectivity index (χ3n) is 1.90. The van der Waals surface area contributed by atoms with Crippen molar-refractivity contribution in [2.24, 2.45) is 4.99 Å². The van der Waals surface area contributed by atoms with Crippen LogP contribution in [0.4, 0.5) is 0 Å². The van der Waals surface area contributed by atoms with Crippen molar-refractivity contribution in [1.82, 2.24) is 4.98 Å². The monoisotopic (exact) mass is 240 g/mol. The Balaban J connectivity index is 2.70. The van der Waals surface area contributed by atoms with E-state index in [1.165, 1.54) is 18.3 Å². The van der Waals surface area contributed by atoms with Crippen molar-refractivity contribution in [2.75, 3.05) is 0 Å². The second-order valence-corrected chi connectivity index (χ2v) is 4.26. The Morgan fingerprint density at radius 2 is 1.94 bits per heavy atom. The fraction of sp³-hybridized carbons (Fsp3) is 0. The molecule has 2 heterocycles. The average Bonchev–Trinajstić information content (AvgIpc) is 2.22. The number of fused-ring (bicyclic) bond motifs is 1. The largest absolute Gasteiger partial charge is 0.316 e. The first kappa shape index (κ1) is 10.6. The maximum absolute atomic E-state index is 11.5. The van der Waals surface area contributed by atoms with Crippen LogP contribution < -0.4 is 0 Å². The lowest BCUT2D eigenvalue weighted by Gasteiger charge is -2.09. The minimum atomic E-state index is -4.80. The van der Waals surface area contributed by atoms with E-state index in [-0.39, 0.29) is 11.3 Å². The summed E-state index contributed by atoms with van der Waals surface area (Å²) in [6.07, 6.45) is 1.28. The number of rotatable bonds is 0. The van der Waals surface area contributed by atoms with E-state index in [0.717, 1.165) is 0 Å². The van der Waals surface area contributed by atoms with E-state index in [1.54, 1.807) is 0 Å². The number of ketones is 1. The van der Waals surface area contributed by atoms with E-state index in [9.17, 15) is 18.0 Å². The van der Waals surface area contributed by atoms with Gasteiger partial charge in [0.05, 0.1) is 5.56 Å². The van der Waals surface area contributed by atoms with Gasteiger partial charge in [0.2, 0.25) is 10.8 Å². The second kappa shape index (κ2) is 3.29. The topological polar surface area (TPSA) is 114 Å². The van der Waals surface area contributed by atoms with Crippen molar-refractivity contribution in [3.8, 4) is 0 Å². The van der Waals surface area contributed by atoms with Crippen molar-refractivity contribution in [3.63, 3.8) is 0 Å². The predicted octanol–water partition coefficient (Wildman–Crippen LogP) is -0.296. The van der Waals surface area contributed by atoms with Gasteiger partial charge in [-0.3, -0.25) is 19.1 Å². The number of carbonyl (C=O) groups excluding carboxylic acids is 2. The zero-order chi connectivity index (χ0) is 11.9. The van der Waals surface area contributed by atoms with E-state index in [2.05, 4.69) is 9.98 Å². The van der Waals surface area contributed by atoms with Crippen LogP contribution in [0.1, 0.15) is 20.8 Å². The van der Waals surface area contributed by atoms with Gasteiger partial charge in [0, 0.05) is 6.20 Å². The molecule has 0 saturated heterocycles. The summed E-state index contributed by atoms with van der Waals surface area (Å²) in [6.45, 7) is 0. The Hall–Kier alpha value is -1.93. The summed E-state index contributed by atoms with van der Waals surface area (Å²) in [5.41, 5.74) is -0.407. The predicted molar refractivity (Wildman–Crippen MR) is 51.9 cm³/mol. The molecular weight excluding hydrogens is 236 g/mol. The molecule has 0 unspecified atom stereocenters. The fourth-order valence-electron chi connectivity index (χ4n) is 1.24. The van der Waals surface area contributed by atoms with Gasteiger partial charge in [-0.25, -0.2) is 0 Å². The molecule has 0 saturated carbocycles. The molecule has 16 heavy (non-hydrogen) atoms. The maximum atomic E-state index is 11.5. The lowest BCUT2D eigenvalue weighted by molar-refractivity contribution is 0.0970. The van der Waals surface area contributed by atoms with Crippen LogP contribution >= 0.6 is 0 Å². The molecule has 1 aromatic rings. The van der Waals surface area contributed by atoms with Crippen molar-refractivity contribution in [3.05, 3.63) is 29.6 Å². The van der Waals surface area contributed by atoms with E-state index in [1.807, 2.05) is 0 Å². The molecular formula is C8H4N2O5S. The third-order valence-corrected chi connectivity index (χ3v) is 2.66. The smallest absolute Gasteiger partial charge is 0.286 e. The Labute approximate surface area is 89.6 Å². The van der Waals surface area contributed by atoms with Crippen LogP contribution in [0.5, 0.6) is 0 Å². The number of amides is 1. The molecule has 1 amide bonds. The molecule has 1 aromatic heterocycles. The SMILES string of the molecule is O=C1C(S(=O)(=O)O)=NC(=O)c2ncccc21. The summed E-state index contributed by atoms with van der Waals surface area (Å²) in [7, 11) is -4.80. The van der Waals surface area contributed by atoms with E-state index in [0.29, 0.717) is 0 Å². The van der Waals surface area contributed by atoms with Gasteiger partial charge in [-0.2, -0.15) is 13.4 Å². The van der Waals surface area contributed by atoms with Gasteiger partial charge in [0.25, 0.3) is 5.91 Å². The Bertz CT molecular complexity index is 632. The zero-order valence-electron chi connectivity index (χ0n) is 7.61. The van der Waals surface area contributed by atoms with Crippen LogP contribution in [0.15, 0.2) is 23.3 Å². The number of hydrogen-bond donors (Lipinski definition) is 1. The average molecular weight is 240 g/mol. The number of nitrogens with zero attached hydrogens (tertiary/aromatic N) is 2. The Kier molecular flexibility index (Phi) is 2.17.